The number of hydrogen-bond donors (Lipinski definition) is 1. The molecule has 0 aliphatic carbocycles. The van der Waals surface area contributed by atoms with Gasteiger partial charge in [-0.2, -0.15) is 0 Å². The third-order valence-corrected chi connectivity index (χ3v) is 6.07. The molecule has 4 rings (SSSR count). The predicted molar refractivity (Wildman–Crippen MR) is 115 cm³/mol. The summed E-state index contributed by atoms with van der Waals surface area (Å²) in [6.45, 7) is 1.11. The fourth-order valence-corrected chi connectivity index (χ4v) is 4.32. The van der Waals surface area contributed by atoms with E-state index < -0.39 is 10.8 Å². The highest BCUT2D eigenvalue weighted by molar-refractivity contribution is 7.12. The Hall–Kier alpha value is -3.23. The molecular formula is C21H16ClN3O4S. The standard InChI is InChI=1S/C21H16ClN3O4S/c22-18-11-16(25(28)29)5-6-17(18)20(26)23-15-4-3-13-7-8-24(12-14(13)10-15)21(27)19-2-1-9-30-19/h1-6,9-11H,7-8,12H2,(H,23,26). The number of amides is 2. The van der Waals surface area contributed by atoms with E-state index in [4.69, 9.17) is 11.6 Å². The number of halogens is 1. The highest BCUT2D eigenvalue weighted by atomic mass is 35.5. The summed E-state index contributed by atoms with van der Waals surface area (Å²) >= 11 is 7.46. The Morgan fingerprint density at radius 1 is 1.13 bits per heavy atom. The van der Waals surface area contributed by atoms with Crippen LogP contribution in [0.25, 0.3) is 0 Å². The summed E-state index contributed by atoms with van der Waals surface area (Å²) in [6.07, 6.45) is 0.745. The summed E-state index contributed by atoms with van der Waals surface area (Å²) < 4.78 is 0. The average molecular weight is 442 g/mol. The van der Waals surface area contributed by atoms with E-state index in [0.717, 1.165) is 23.6 Å². The molecule has 1 aliphatic rings. The molecule has 0 saturated carbocycles. The largest absolute Gasteiger partial charge is 0.333 e. The van der Waals surface area contributed by atoms with Crippen molar-refractivity contribution >= 4 is 46.1 Å². The minimum absolute atomic E-state index is 0.00255. The number of carbonyl (C=O) groups is 2. The second-order valence-electron chi connectivity index (χ2n) is 6.81. The fourth-order valence-electron chi connectivity index (χ4n) is 3.36. The van der Waals surface area contributed by atoms with Crippen LogP contribution in [0.4, 0.5) is 11.4 Å². The highest BCUT2D eigenvalue weighted by Gasteiger charge is 2.23. The Morgan fingerprint density at radius 3 is 2.67 bits per heavy atom. The van der Waals surface area contributed by atoms with E-state index in [1.165, 1.54) is 23.5 Å². The van der Waals surface area contributed by atoms with Crippen LogP contribution < -0.4 is 5.32 Å². The minimum Gasteiger partial charge on any atom is -0.333 e. The fraction of sp³-hybridized carbons (Fsp3) is 0.143. The van der Waals surface area contributed by atoms with Gasteiger partial charge in [0.1, 0.15) is 0 Å². The third kappa shape index (κ3) is 4.05. The number of benzene rings is 2. The number of fused-ring (bicyclic) bond motifs is 1. The first-order valence-corrected chi connectivity index (χ1v) is 10.4. The number of carbonyl (C=O) groups excluding carboxylic acids is 2. The summed E-state index contributed by atoms with van der Waals surface area (Å²) in [4.78, 5) is 38.0. The maximum absolute atomic E-state index is 12.6. The van der Waals surface area contributed by atoms with Crippen molar-refractivity contribution in [2.45, 2.75) is 13.0 Å². The lowest BCUT2D eigenvalue weighted by Crippen LogP contribution is -2.35. The smallest absolute Gasteiger partial charge is 0.270 e. The van der Waals surface area contributed by atoms with Gasteiger partial charge < -0.3 is 10.2 Å². The van der Waals surface area contributed by atoms with E-state index in [0.29, 0.717) is 23.7 Å². The summed E-state index contributed by atoms with van der Waals surface area (Å²) in [6, 6.07) is 13.0. The molecule has 7 nitrogen and oxygen atoms in total. The summed E-state index contributed by atoms with van der Waals surface area (Å²) in [5.74, 6) is -0.458. The summed E-state index contributed by atoms with van der Waals surface area (Å²) in [7, 11) is 0. The van der Waals surface area contributed by atoms with Gasteiger partial charge in [-0.15, -0.1) is 11.3 Å². The topological polar surface area (TPSA) is 92.6 Å². The molecule has 0 unspecified atom stereocenters. The number of nitro benzene ring substituents is 1. The van der Waals surface area contributed by atoms with Crippen LogP contribution >= 0.6 is 22.9 Å². The number of anilines is 1. The molecule has 2 heterocycles. The summed E-state index contributed by atoms with van der Waals surface area (Å²) in [5, 5.41) is 15.5. The van der Waals surface area contributed by atoms with E-state index in [-0.39, 0.29) is 22.2 Å². The van der Waals surface area contributed by atoms with Gasteiger partial charge in [-0.05, 0) is 47.2 Å². The highest BCUT2D eigenvalue weighted by Crippen LogP contribution is 2.27. The predicted octanol–water partition coefficient (Wildman–Crippen LogP) is 4.76. The quantitative estimate of drug-likeness (QED) is 0.466. The van der Waals surface area contributed by atoms with Gasteiger partial charge in [0.25, 0.3) is 17.5 Å². The molecule has 0 bridgehead atoms. The molecule has 9 heteroatoms. The van der Waals surface area contributed by atoms with Crippen molar-refractivity contribution in [3.63, 3.8) is 0 Å². The molecule has 30 heavy (non-hydrogen) atoms. The zero-order valence-corrected chi connectivity index (χ0v) is 17.2. The van der Waals surface area contributed by atoms with Gasteiger partial charge in [0.2, 0.25) is 0 Å². The number of thiophene rings is 1. The summed E-state index contributed by atoms with van der Waals surface area (Å²) in [5.41, 5.74) is 2.64. The number of nitrogens with zero attached hydrogens (tertiary/aromatic N) is 2. The maximum Gasteiger partial charge on any atom is 0.270 e. The lowest BCUT2D eigenvalue weighted by atomic mass is 9.98. The molecule has 2 amide bonds. The van der Waals surface area contributed by atoms with Gasteiger partial charge in [-0.25, -0.2) is 0 Å². The normalized spacial score (nSPS) is 12.9. The third-order valence-electron chi connectivity index (χ3n) is 4.90. The van der Waals surface area contributed by atoms with Crippen LogP contribution in [0.3, 0.4) is 0 Å². The Balaban J connectivity index is 1.51. The molecule has 3 aromatic rings. The van der Waals surface area contributed by atoms with Gasteiger partial charge in [-0.3, -0.25) is 19.7 Å². The van der Waals surface area contributed by atoms with Crippen molar-refractivity contribution in [3.8, 4) is 0 Å². The Kier molecular flexibility index (Phi) is 5.52. The Morgan fingerprint density at radius 2 is 1.97 bits per heavy atom. The molecule has 1 N–H and O–H groups in total. The minimum atomic E-state index is -0.569. The lowest BCUT2D eigenvalue weighted by Gasteiger charge is -2.29. The van der Waals surface area contributed by atoms with Gasteiger partial charge in [0.05, 0.1) is 20.4 Å². The van der Waals surface area contributed by atoms with Crippen LogP contribution in [0.5, 0.6) is 0 Å². The zero-order chi connectivity index (χ0) is 21.3. The lowest BCUT2D eigenvalue weighted by molar-refractivity contribution is -0.384. The van der Waals surface area contributed by atoms with Crippen LogP contribution in [0.15, 0.2) is 53.9 Å². The average Bonchev–Trinajstić information content (AvgIpc) is 3.27. The molecule has 1 aliphatic heterocycles. The van der Waals surface area contributed by atoms with Gasteiger partial charge in [-0.1, -0.05) is 23.7 Å². The zero-order valence-electron chi connectivity index (χ0n) is 15.6. The van der Waals surface area contributed by atoms with E-state index in [1.54, 1.807) is 11.0 Å². The van der Waals surface area contributed by atoms with E-state index >= 15 is 0 Å². The number of rotatable bonds is 4. The van der Waals surface area contributed by atoms with E-state index in [2.05, 4.69) is 5.32 Å². The van der Waals surface area contributed by atoms with Gasteiger partial charge >= 0.3 is 0 Å². The molecule has 0 fully saturated rings. The van der Waals surface area contributed by atoms with Crippen molar-refractivity contribution in [3.05, 3.63) is 90.6 Å². The Bertz CT molecular complexity index is 1150. The number of nitrogens with one attached hydrogen (secondary N) is 1. The van der Waals surface area contributed by atoms with Gasteiger partial charge in [0.15, 0.2) is 0 Å². The van der Waals surface area contributed by atoms with Crippen molar-refractivity contribution in [2.24, 2.45) is 0 Å². The number of nitro groups is 1. The SMILES string of the molecule is O=C(Nc1ccc2c(c1)CN(C(=O)c1cccs1)CC2)c1ccc([N+](=O)[O-])cc1Cl. The molecule has 0 saturated heterocycles. The van der Waals surface area contributed by atoms with Crippen molar-refractivity contribution in [2.75, 3.05) is 11.9 Å². The van der Waals surface area contributed by atoms with Crippen molar-refractivity contribution in [1.82, 2.24) is 4.90 Å². The van der Waals surface area contributed by atoms with E-state index in [1.807, 2.05) is 29.6 Å². The number of hydrogen-bond acceptors (Lipinski definition) is 5. The molecule has 0 radical (unpaired) electrons. The monoisotopic (exact) mass is 441 g/mol. The van der Waals surface area contributed by atoms with E-state index in [9.17, 15) is 19.7 Å². The molecule has 0 spiro atoms. The Labute approximate surface area is 181 Å². The van der Waals surface area contributed by atoms with Crippen LogP contribution in [0.2, 0.25) is 5.02 Å². The first-order valence-electron chi connectivity index (χ1n) is 9.12. The molecular weight excluding hydrogens is 426 g/mol. The number of non-ortho nitro benzene ring substituents is 1. The molecule has 2 aromatic carbocycles. The molecule has 1 aromatic heterocycles. The van der Waals surface area contributed by atoms with Crippen LogP contribution in [-0.4, -0.2) is 28.2 Å². The molecule has 152 valence electrons. The second-order valence-corrected chi connectivity index (χ2v) is 8.17. The van der Waals surface area contributed by atoms with Crippen LogP contribution in [-0.2, 0) is 13.0 Å². The first kappa shape index (κ1) is 20.1. The van der Waals surface area contributed by atoms with Gasteiger partial charge in [0, 0.05) is 30.9 Å². The molecule has 0 atom stereocenters. The van der Waals surface area contributed by atoms with Crippen molar-refractivity contribution in [1.29, 1.82) is 0 Å². The van der Waals surface area contributed by atoms with Crippen molar-refractivity contribution < 1.29 is 14.5 Å². The maximum atomic E-state index is 12.6. The van der Waals surface area contributed by atoms with Crippen LogP contribution in [0, 0.1) is 10.1 Å². The first-order chi connectivity index (χ1) is 14.4. The second kappa shape index (κ2) is 8.25. The van der Waals surface area contributed by atoms with Crippen LogP contribution in [0.1, 0.15) is 31.2 Å².